The normalized spacial score (nSPS) is 20.7. The van der Waals surface area contributed by atoms with E-state index in [-0.39, 0.29) is 5.25 Å². The zero-order valence-electron chi connectivity index (χ0n) is 6.15. The Labute approximate surface area is 65.9 Å². The van der Waals surface area contributed by atoms with Crippen LogP contribution in [0.1, 0.15) is 19.8 Å². The van der Waals surface area contributed by atoms with Gasteiger partial charge in [0.25, 0.3) is 10.1 Å². The maximum atomic E-state index is 11.0. The molecule has 0 saturated heterocycles. The summed E-state index contributed by atoms with van der Waals surface area (Å²) in [6, 6.07) is 1.70. The predicted molar refractivity (Wildman–Crippen MR) is 38.1 cm³/mol. The van der Waals surface area contributed by atoms with E-state index >= 15 is 0 Å². The first-order valence-electron chi connectivity index (χ1n) is 3.38. The van der Waals surface area contributed by atoms with Crippen LogP contribution in [0.3, 0.4) is 0 Å². The van der Waals surface area contributed by atoms with Gasteiger partial charge in [0, 0.05) is 0 Å². The molecule has 0 amide bonds. The van der Waals surface area contributed by atoms with E-state index in [2.05, 4.69) is 4.18 Å². The summed E-state index contributed by atoms with van der Waals surface area (Å²) in [6.45, 7) is 1.42. The molecule has 1 aliphatic rings. The number of nitriles is 1. The topological polar surface area (TPSA) is 67.2 Å². The van der Waals surface area contributed by atoms with E-state index in [1.165, 1.54) is 6.92 Å². The largest absolute Gasteiger partial charge is 0.271 e. The van der Waals surface area contributed by atoms with E-state index in [1.807, 2.05) is 0 Å². The highest BCUT2D eigenvalue weighted by atomic mass is 32.2. The van der Waals surface area contributed by atoms with Crippen LogP contribution in [0, 0.1) is 11.3 Å². The average molecular weight is 175 g/mol. The maximum Gasteiger partial charge on any atom is 0.271 e. The molecule has 1 rings (SSSR count). The van der Waals surface area contributed by atoms with Crippen molar-refractivity contribution < 1.29 is 12.6 Å². The Kier molecular flexibility index (Phi) is 2.16. The molecule has 1 saturated carbocycles. The minimum Gasteiger partial charge on any atom is -0.251 e. The molecule has 0 spiro atoms. The second-order valence-corrected chi connectivity index (χ2v) is 4.40. The molecule has 0 bridgehead atoms. The number of hydrogen-bond donors (Lipinski definition) is 0. The van der Waals surface area contributed by atoms with E-state index in [0.29, 0.717) is 12.8 Å². The lowest BCUT2D eigenvalue weighted by molar-refractivity contribution is 0.280. The molecule has 62 valence electrons. The Morgan fingerprint density at radius 2 is 2.18 bits per heavy atom. The van der Waals surface area contributed by atoms with Gasteiger partial charge in [0.15, 0.2) is 6.10 Å². The molecule has 11 heavy (non-hydrogen) atoms. The number of hydrogen-bond acceptors (Lipinski definition) is 4. The fourth-order valence-electron chi connectivity index (χ4n) is 0.658. The third-order valence-corrected chi connectivity index (χ3v) is 3.24. The van der Waals surface area contributed by atoms with Crippen molar-refractivity contribution in [1.82, 2.24) is 0 Å². The van der Waals surface area contributed by atoms with E-state index in [1.54, 1.807) is 6.07 Å². The molecule has 5 heteroatoms. The van der Waals surface area contributed by atoms with Crippen LogP contribution in [-0.2, 0) is 14.3 Å². The minimum absolute atomic E-state index is 0.349. The molecule has 4 nitrogen and oxygen atoms in total. The van der Waals surface area contributed by atoms with E-state index in [9.17, 15) is 8.42 Å². The van der Waals surface area contributed by atoms with Crippen LogP contribution in [0.5, 0.6) is 0 Å². The summed E-state index contributed by atoms with van der Waals surface area (Å²) >= 11 is 0. The molecule has 1 fully saturated rings. The molecular formula is C6H9NO3S. The monoisotopic (exact) mass is 175 g/mol. The Balaban J connectivity index is 2.54. The Bertz CT molecular complexity index is 273. The van der Waals surface area contributed by atoms with Crippen molar-refractivity contribution in [2.75, 3.05) is 0 Å². The highest BCUT2D eigenvalue weighted by Gasteiger charge is 2.37. The quantitative estimate of drug-likeness (QED) is 0.582. The van der Waals surface area contributed by atoms with Crippen LogP contribution in [-0.4, -0.2) is 19.8 Å². The first kappa shape index (κ1) is 8.50. The summed E-state index contributed by atoms with van der Waals surface area (Å²) in [5, 5.41) is 7.91. The third-order valence-electron chi connectivity index (χ3n) is 1.39. The molecule has 0 heterocycles. The highest BCUT2D eigenvalue weighted by Crippen LogP contribution is 2.29. The van der Waals surface area contributed by atoms with Crippen molar-refractivity contribution in [3.05, 3.63) is 0 Å². The molecule has 0 radical (unpaired) electrons. The predicted octanol–water partition coefficient (Wildman–Crippen LogP) is 0.407. The van der Waals surface area contributed by atoms with Crippen LogP contribution < -0.4 is 0 Å². The van der Waals surface area contributed by atoms with Crippen LogP contribution in [0.25, 0.3) is 0 Å². The lowest BCUT2D eigenvalue weighted by Crippen LogP contribution is -2.17. The second-order valence-electron chi connectivity index (χ2n) is 2.56. The van der Waals surface area contributed by atoms with Crippen molar-refractivity contribution in [3.8, 4) is 6.07 Å². The molecule has 1 atom stereocenters. The van der Waals surface area contributed by atoms with Gasteiger partial charge in [-0.1, -0.05) is 0 Å². The van der Waals surface area contributed by atoms with Gasteiger partial charge < -0.3 is 0 Å². The Morgan fingerprint density at radius 3 is 2.55 bits per heavy atom. The summed E-state index contributed by atoms with van der Waals surface area (Å²) in [4.78, 5) is 0. The smallest absolute Gasteiger partial charge is 0.251 e. The van der Waals surface area contributed by atoms with Gasteiger partial charge in [-0.25, -0.2) is 0 Å². The van der Waals surface area contributed by atoms with Gasteiger partial charge in [-0.05, 0) is 19.8 Å². The fraction of sp³-hybridized carbons (Fsp3) is 0.833. The summed E-state index contributed by atoms with van der Waals surface area (Å²) < 4.78 is 26.5. The summed E-state index contributed by atoms with van der Waals surface area (Å²) in [7, 11) is -3.42. The zero-order chi connectivity index (χ0) is 8.48. The summed E-state index contributed by atoms with van der Waals surface area (Å²) in [6.07, 6.45) is 0.474. The molecule has 0 N–H and O–H groups in total. The zero-order valence-corrected chi connectivity index (χ0v) is 6.97. The second kappa shape index (κ2) is 2.80. The molecule has 0 aromatic heterocycles. The van der Waals surface area contributed by atoms with Gasteiger partial charge in [0.1, 0.15) is 0 Å². The molecular weight excluding hydrogens is 166 g/mol. The van der Waals surface area contributed by atoms with E-state index in [0.717, 1.165) is 0 Å². The Hall–Kier alpha value is -0.600. The fourth-order valence-corrected chi connectivity index (χ4v) is 1.97. The van der Waals surface area contributed by atoms with E-state index in [4.69, 9.17) is 5.26 Å². The average Bonchev–Trinajstić information content (AvgIpc) is 2.66. The van der Waals surface area contributed by atoms with Gasteiger partial charge in [-0.3, -0.25) is 4.18 Å². The maximum absolute atomic E-state index is 11.0. The van der Waals surface area contributed by atoms with Crippen LogP contribution in [0.4, 0.5) is 0 Å². The summed E-state index contributed by atoms with van der Waals surface area (Å²) in [5.74, 6) is 0. The van der Waals surface area contributed by atoms with Gasteiger partial charge in [-0.15, -0.1) is 0 Å². The molecule has 0 aromatic carbocycles. The summed E-state index contributed by atoms with van der Waals surface area (Å²) in [5.41, 5.74) is 0. The van der Waals surface area contributed by atoms with Gasteiger partial charge in [0.05, 0.1) is 11.3 Å². The lowest BCUT2D eigenvalue weighted by Gasteiger charge is -2.03. The molecule has 1 unspecified atom stereocenters. The van der Waals surface area contributed by atoms with Crippen LogP contribution in [0.15, 0.2) is 0 Å². The highest BCUT2D eigenvalue weighted by molar-refractivity contribution is 7.87. The van der Waals surface area contributed by atoms with Crippen molar-refractivity contribution >= 4 is 10.1 Å². The molecule has 0 aromatic rings. The van der Waals surface area contributed by atoms with Gasteiger partial charge in [0.2, 0.25) is 0 Å². The molecule has 0 aliphatic heterocycles. The standard InChI is InChI=1S/C6H9NO3S/c1-5(4-7)10-11(8,9)6-2-3-6/h5-6H,2-3H2,1H3. The van der Waals surface area contributed by atoms with Crippen LogP contribution >= 0.6 is 0 Å². The van der Waals surface area contributed by atoms with E-state index < -0.39 is 16.2 Å². The minimum atomic E-state index is -3.42. The number of nitrogens with zero attached hydrogens (tertiary/aromatic N) is 1. The van der Waals surface area contributed by atoms with Crippen LogP contribution in [0.2, 0.25) is 0 Å². The third kappa shape index (κ3) is 2.17. The van der Waals surface area contributed by atoms with Crippen molar-refractivity contribution in [2.24, 2.45) is 0 Å². The van der Waals surface area contributed by atoms with Crippen molar-refractivity contribution in [3.63, 3.8) is 0 Å². The van der Waals surface area contributed by atoms with Crippen molar-refractivity contribution in [1.29, 1.82) is 5.26 Å². The first-order valence-corrected chi connectivity index (χ1v) is 4.85. The van der Waals surface area contributed by atoms with Gasteiger partial charge >= 0.3 is 0 Å². The van der Waals surface area contributed by atoms with Gasteiger partial charge in [-0.2, -0.15) is 13.7 Å². The Morgan fingerprint density at radius 1 is 1.64 bits per heavy atom. The SMILES string of the molecule is CC(C#N)OS(=O)(=O)C1CC1. The van der Waals surface area contributed by atoms with Crippen molar-refractivity contribution in [2.45, 2.75) is 31.1 Å². The first-order chi connectivity index (χ1) is 5.06. The lowest BCUT2D eigenvalue weighted by atomic mass is 10.5. The molecule has 1 aliphatic carbocycles. The number of rotatable bonds is 3.